The van der Waals surface area contributed by atoms with Crippen LogP contribution in [0.2, 0.25) is 0 Å². The summed E-state index contributed by atoms with van der Waals surface area (Å²) in [4.78, 5) is 31.8. The Morgan fingerprint density at radius 2 is 1.91 bits per heavy atom. The first kappa shape index (κ1) is 25.6. The van der Waals surface area contributed by atoms with Gasteiger partial charge in [0.05, 0.1) is 11.9 Å². The Morgan fingerprint density at radius 3 is 2.50 bits per heavy atom. The van der Waals surface area contributed by atoms with Crippen molar-refractivity contribution in [1.29, 1.82) is 0 Å². The highest BCUT2D eigenvalue weighted by Crippen LogP contribution is 2.23. The lowest BCUT2D eigenvalue weighted by molar-refractivity contribution is -0.154. The van der Waals surface area contributed by atoms with Crippen molar-refractivity contribution in [1.82, 2.24) is 20.0 Å². The largest absolute Gasteiger partial charge is 0.528 e. The van der Waals surface area contributed by atoms with Crippen molar-refractivity contribution in [3.05, 3.63) is 30.7 Å². The molecule has 11 nitrogen and oxygen atoms in total. The first-order chi connectivity index (χ1) is 15.9. The van der Waals surface area contributed by atoms with Gasteiger partial charge in [0.2, 0.25) is 0 Å². The molecule has 0 unspecified atom stereocenters. The minimum Gasteiger partial charge on any atom is -0.427 e. The van der Waals surface area contributed by atoms with E-state index in [9.17, 15) is 13.2 Å². The second-order valence-corrected chi connectivity index (χ2v) is 11.3. The van der Waals surface area contributed by atoms with Crippen molar-refractivity contribution in [2.75, 3.05) is 43.2 Å². The van der Waals surface area contributed by atoms with Gasteiger partial charge in [0, 0.05) is 39.0 Å². The molecule has 12 heteroatoms. The van der Waals surface area contributed by atoms with Gasteiger partial charge >= 0.3 is 6.16 Å². The maximum Gasteiger partial charge on any atom is 0.528 e. The second-order valence-electron chi connectivity index (χ2n) is 9.35. The van der Waals surface area contributed by atoms with E-state index in [2.05, 4.69) is 25.2 Å². The molecule has 1 saturated heterocycles. The van der Waals surface area contributed by atoms with Gasteiger partial charge in [0.15, 0.2) is 14.9 Å². The van der Waals surface area contributed by atoms with Crippen LogP contribution in [0.5, 0.6) is 0 Å². The van der Waals surface area contributed by atoms with E-state index in [0.717, 1.165) is 31.5 Å². The van der Waals surface area contributed by atoms with Gasteiger partial charge in [0.25, 0.3) is 0 Å². The standard InChI is InChI=1S/C22H32N6O5S/c1-22(2,3)32-21(29)33-28-10-8-16(9-11-28)14-27(4)19-12-18(24-15-25-19)26-17-6-7-20(23-13-17)34(5,30)31/h6-7,12-13,15-16H,8-11,14H2,1-5H3,(H,24,25,26). The number of rotatable bonds is 7. The highest BCUT2D eigenvalue weighted by Gasteiger charge is 2.26. The van der Waals surface area contributed by atoms with Crippen LogP contribution in [0.1, 0.15) is 33.6 Å². The number of carbonyl (C=O) groups excluding carboxylic acids is 1. The number of nitrogens with one attached hydrogen (secondary N) is 1. The SMILES string of the molecule is CN(CC1CCN(OC(=O)OC(C)(C)C)CC1)c1cc(Nc2ccc(S(C)(=O)=O)nc2)ncn1. The summed E-state index contributed by atoms with van der Waals surface area (Å²) in [5.74, 6) is 1.75. The van der Waals surface area contributed by atoms with E-state index in [1.165, 1.54) is 18.6 Å². The summed E-state index contributed by atoms with van der Waals surface area (Å²) in [7, 11) is -1.38. The molecule has 0 bridgehead atoms. The Balaban J connectivity index is 1.51. The summed E-state index contributed by atoms with van der Waals surface area (Å²) >= 11 is 0. The van der Waals surface area contributed by atoms with Crippen molar-refractivity contribution in [2.45, 2.75) is 44.2 Å². The van der Waals surface area contributed by atoms with Crippen LogP contribution >= 0.6 is 0 Å². The monoisotopic (exact) mass is 492 g/mol. The van der Waals surface area contributed by atoms with Crippen LogP contribution < -0.4 is 10.2 Å². The minimum absolute atomic E-state index is 0.0173. The third kappa shape index (κ3) is 7.80. The van der Waals surface area contributed by atoms with Crippen molar-refractivity contribution in [3.8, 4) is 0 Å². The summed E-state index contributed by atoms with van der Waals surface area (Å²) in [6, 6.07) is 4.91. The Hall–Kier alpha value is -2.99. The lowest BCUT2D eigenvalue weighted by Crippen LogP contribution is -2.40. The van der Waals surface area contributed by atoms with E-state index < -0.39 is 21.6 Å². The summed E-state index contributed by atoms with van der Waals surface area (Å²) in [5.41, 5.74) is 0.0384. The van der Waals surface area contributed by atoms with Gasteiger partial charge in [-0.1, -0.05) is 0 Å². The highest BCUT2D eigenvalue weighted by atomic mass is 32.2. The van der Waals surface area contributed by atoms with Crippen molar-refractivity contribution < 1.29 is 22.8 Å². The van der Waals surface area contributed by atoms with Crippen LogP contribution in [0, 0.1) is 5.92 Å². The van der Waals surface area contributed by atoms with Gasteiger partial charge in [-0.05, 0) is 51.7 Å². The average molecular weight is 493 g/mol. The molecule has 0 aliphatic carbocycles. The third-order valence-corrected chi connectivity index (χ3v) is 6.13. The van der Waals surface area contributed by atoms with Gasteiger partial charge in [-0.2, -0.15) is 0 Å². The van der Waals surface area contributed by atoms with E-state index in [1.54, 1.807) is 31.9 Å². The van der Waals surface area contributed by atoms with Crippen LogP contribution in [0.3, 0.4) is 0 Å². The number of anilines is 3. The first-order valence-electron chi connectivity index (χ1n) is 11.0. The van der Waals surface area contributed by atoms with E-state index in [-0.39, 0.29) is 5.03 Å². The number of sulfone groups is 1. The number of hydroxylamine groups is 2. The molecule has 34 heavy (non-hydrogen) atoms. The van der Waals surface area contributed by atoms with E-state index in [0.29, 0.717) is 30.5 Å². The van der Waals surface area contributed by atoms with Gasteiger partial charge in [0.1, 0.15) is 23.6 Å². The zero-order valence-corrected chi connectivity index (χ0v) is 21.0. The lowest BCUT2D eigenvalue weighted by atomic mass is 9.97. The molecule has 0 saturated carbocycles. The summed E-state index contributed by atoms with van der Waals surface area (Å²) in [6.07, 6.45) is 5.12. The molecule has 2 aromatic heterocycles. The number of hydrogen-bond donors (Lipinski definition) is 1. The quantitative estimate of drug-likeness (QED) is 0.573. The Labute approximate surface area is 200 Å². The Kier molecular flexibility index (Phi) is 7.93. The molecule has 3 rings (SSSR count). The zero-order chi connectivity index (χ0) is 24.9. The van der Waals surface area contributed by atoms with Crippen LogP contribution in [-0.2, 0) is 19.4 Å². The maximum atomic E-state index is 11.8. The normalized spacial score (nSPS) is 15.6. The van der Waals surface area contributed by atoms with Gasteiger partial charge in [-0.15, -0.1) is 5.06 Å². The number of ether oxygens (including phenoxy) is 1. The van der Waals surface area contributed by atoms with E-state index in [1.807, 2.05) is 13.1 Å². The molecule has 0 amide bonds. The molecule has 0 radical (unpaired) electrons. The second kappa shape index (κ2) is 10.5. The number of pyridine rings is 1. The highest BCUT2D eigenvalue weighted by molar-refractivity contribution is 7.90. The van der Waals surface area contributed by atoms with Crippen LogP contribution in [0.25, 0.3) is 0 Å². The fourth-order valence-electron chi connectivity index (χ4n) is 3.48. The van der Waals surface area contributed by atoms with Crippen molar-refractivity contribution in [3.63, 3.8) is 0 Å². The number of hydrogen-bond acceptors (Lipinski definition) is 11. The van der Waals surface area contributed by atoms with E-state index >= 15 is 0 Å². The molecule has 1 aliphatic rings. The molecule has 1 N–H and O–H groups in total. The van der Waals surface area contributed by atoms with Crippen molar-refractivity contribution in [2.24, 2.45) is 5.92 Å². The molecule has 2 aromatic rings. The molecule has 3 heterocycles. The minimum atomic E-state index is -3.35. The Bertz CT molecular complexity index is 1080. The molecule has 1 aliphatic heterocycles. The van der Waals surface area contributed by atoms with Crippen LogP contribution in [-0.4, -0.2) is 73.1 Å². The van der Waals surface area contributed by atoms with Gasteiger partial charge in [-0.3, -0.25) is 0 Å². The smallest absolute Gasteiger partial charge is 0.427 e. The molecule has 0 aromatic carbocycles. The summed E-state index contributed by atoms with van der Waals surface area (Å²) in [5, 5.41) is 4.79. The average Bonchev–Trinajstić information content (AvgIpc) is 2.74. The first-order valence-corrected chi connectivity index (χ1v) is 12.9. The lowest BCUT2D eigenvalue weighted by Gasteiger charge is -2.33. The summed E-state index contributed by atoms with van der Waals surface area (Å²) < 4.78 is 28.3. The van der Waals surface area contributed by atoms with Gasteiger partial charge < -0.3 is 19.8 Å². The topological polar surface area (TPSA) is 127 Å². The molecular weight excluding hydrogens is 460 g/mol. The molecule has 0 spiro atoms. The number of piperidine rings is 1. The maximum absolute atomic E-state index is 11.8. The van der Waals surface area contributed by atoms with Crippen LogP contribution in [0.4, 0.5) is 22.1 Å². The van der Waals surface area contributed by atoms with Gasteiger partial charge in [-0.25, -0.2) is 28.2 Å². The predicted octanol–water partition coefficient (Wildman–Crippen LogP) is 3.03. The number of carbonyl (C=O) groups is 1. The molecular formula is C22H32N6O5S. The predicted molar refractivity (Wildman–Crippen MR) is 128 cm³/mol. The number of nitrogens with zero attached hydrogens (tertiary/aromatic N) is 5. The zero-order valence-electron chi connectivity index (χ0n) is 20.2. The fraction of sp³-hybridized carbons (Fsp3) is 0.545. The van der Waals surface area contributed by atoms with Crippen LogP contribution in [0.15, 0.2) is 35.7 Å². The molecule has 0 atom stereocenters. The molecule has 186 valence electrons. The summed E-state index contributed by atoms with van der Waals surface area (Å²) in [6.45, 7) is 7.48. The fourth-order valence-corrected chi connectivity index (χ4v) is 4.04. The van der Waals surface area contributed by atoms with E-state index in [4.69, 9.17) is 9.57 Å². The van der Waals surface area contributed by atoms with Crippen molar-refractivity contribution >= 4 is 33.3 Å². The molecule has 1 fully saturated rings. The third-order valence-electron chi connectivity index (χ3n) is 5.13. The Morgan fingerprint density at radius 1 is 1.21 bits per heavy atom. The number of aromatic nitrogens is 3.